The molecule has 0 aromatic heterocycles. The van der Waals surface area contributed by atoms with Crippen LogP contribution in [0.1, 0.15) is 11.7 Å². The fraction of sp³-hybridized carbons (Fsp3) is 0.333. The Kier molecular flexibility index (Phi) is 3.69. The number of benzene rings is 1. The van der Waals surface area contributed by atoms with Crippen molar-refractivity contribution in [1.82, 2.24) is 0 Å². The van der Waals surface area contributed by atoms with Gasteiger partial charge in [-0.2, -0.15) is 0 Å². The fourth-order valence-corrected chi connectivity index (χ4v) is 2.10. The third kappa shape index (κ3) is 3.77. The number of aliphatic hydroxyl groups is 1. The molecule has 0 aliphatic rings. The first-order chi connectivity index (χ1) is 6.38. The van der Waals surface area contributed by atoms with Crippen molar-refractivity contribution in [2.24, 2.45) is 0 Å². The second kappa shape index (κ2) is 4.42. The zero-order valence-electron chi connectivity index (χ0n) is 7.64. The molecular weight excluding hydrogens is 268 g/mol. The lowest BCUT2D eigenvalue weighted by Gasteiger charge is -2.09. The third-order valence-corrected chi connectivity index (χ3v) is 3.17. The highest BCUT2D eigenvalue weighted by Gasteiger charge is 2.13. The summed E-state index contributed by atoms with van der Waals surface area (Å²) in [6, 6.07) is 6.92. The summed E-state index contributed by atoms with van der Waals surface area (Å²) in [5, 5.41) is 9.55. The summed E-state index contributed by atoms with van der Waals surface area (Å²) in [4.78, 5) is 0. The summed E-state index contributed by atoms with van der Waals surface area (Å²) < 4.78 is 22.7. The van der Waals surface area contributed by atoms with Gasteiger partial charge in [0.25, 0.3) is 0 Å². The van der Waals surface area contributed by atoms with Crippen LogP contribution in [0.25, 0.3) is 0 Å². The van der Waals surface area contributed by atoms with Crippen molar-refractivity contribution in [3.63, 3.8) is 0 Å². The Labute approximate surface area is 91.8 Å². The van der Waals surface area contributed by atoms with Crippen molar-refractivity contribution in [2.75, 3.05) is 12.0 Å². The van der Waals surface area contributed by atoms with Gasteiger partial charge in [0, 0.05) is 10.7 Å². The fourth-order valence-electron chi connectivity index (χ4n) is 1.07. The number of hydrogen-bond acceptors (Lipinski definition) is 3. The monoisotopic (exact) mass is 278 g/mol. The van der Waals surface area contributed by atoms with Crippen molar-refractivity contribution in [3.8, 4) is 0 Å². The van der Waals surface area contributed by atoms with Crippen LogP contribution in [0, 0.1) is 0 Å². The topological polar surface area (TPSA) is 54.4 Å². The van der Waals surface area contributed by atoms with Crippen molar-refractivity contribution in [3.05, 3.63) is 34.3 Å². The average molecular weight is 279 g/mol. The molecule has 14 heavy (non-hydrogen) atoms. The van der Waals surface area contributed by atoms with Crippen molar-refractivity contribution < 1.29 is 13.5 Å². The van der Waals surface area contributed by atoms with E-state index in [1.165, 1.54) is 0 Å². The smallest absolute Gasteiger partial charge is 0.150 e. The Balaban J connectivity index is 2.80. The summed E-state index contributed by atoms with van der Waals surface area (Å²) in [5.41, 5.74) is 0.610. The minimum atomic E-state index is -3.14. The van der Waals surface area contributed by atoms with Gasteiger partial charge in [-0.15, -0.1) is 0 Å². The lowest BCUT2D eigenvalue weighted by atomic mass is 10.1. The highest BCUT2D eigenvalue weighted by Crippen LogP contribution is 2.17. The summed E-state index contributed by atoms with van der Waals surface area (Å²) in [6.45, 7) is 0. The normalized spacial score (nSPS) is 13.9. The maximum Gasteiger partial charge on any atom is 0.150 e. The maximum absolute atomic E-state index is 10.9. The molecule has 0 aliphatic heterocycles. The van der Waals surface area contributed by atoms with Crippen molar-refractivity contribution >= 4 is 25.8 Å². The first-order valence-corrected chi connectivity index (χ1v) is 6.85. The van der Waals surface area contributed by atoms with E-state index >= 15 is 0 Å². The standard InChI is InChI=1S/C9H11BrO3S/c1-14(12,13)6-9(11)7-2-4-8(10)5-3-7/h2-5,9,11H,6H2,1H3. The molecule has 1 rings (SSSR count). The molecule has 0 saturated carbocycles. The van der Waals surface area contributed by atoms with E-state index in [1.807, 2.05) is 0 Å². The van der Waals surface area contributed by atoms with Crippen LogP contribution >= 0.6 is 15.9 Å². The van der Waals surface area contributed by atoms with E-state index in [1.54, 1.807) is 24.3 Å². The van der Waals surface area contributed by atoms with E-state index in [0.717, 1.165) is 10.7 Å². The molecule has 1 aromatic rings. The van der Waals surface area contributed by atoms with Gasteiger partial charge in [0.1, 0.15) is 9.84 Å². The van der Waals surface area contributed by atoms with E-state index in [2.05, 4.69) is 15.9 Å². The molecule has 0 saturated heterocycles. The van der Waals surface area contributed by atoms with Gasteiger partial charge in [-0.05, 0) is 17.7 Å². The van der Waals surface area contributed by atoms with Crippen LogP contribution < -0.4 is 0 Å². The molecule has 0 bridgehead atoms. The number of hydrogen-bond donors (Lipinski definition) is 1. The SMILES string of the molecule is CS(=O)(=O)CC(O)c1ccc(Br)cc1. The first-order valence-electron chi connectivity index (χ1n) is 4.00. The minimum Gasteiger partial charge on any atom is -0.387 e. The van der Waals surface area contributed by atoms with E-state index in [0.29, 0.717) is 5.56 Å². The van der Waals surface area contributed by atoms with Crippen molar-refractivity contribution in [1.29, 1.82) is 0 Å². The Bertz CT molecular complexity index is 397. The largest absolute Gasteiger partial charge is 0.387 e. The molecule has 0 aliphatic carbocycles. The van der Waals surface area contributed by atoms with E-state index in [9.17, 15) is 13.5 Å². The van der Waals surface area contributed by atoms with Crippen LogP contribution in [0.5, 0.6) is 0 Å². The molecule has 1 N–H and O–H groups in total. The molecule has 0 fully saturated rings. The molecule has 1 unspecified atom stereocenters. The molecule has 0 amide bonds. The molecule has 0 spiro atoms. The Hall–Kier alpha value is -0.390. The Morgan fingerprint density at radius 1 is 1.36 bits per heavy atom. The second-order valence-electron chi connectivity index (χ2n) is 3.16. The van der Waals surface area contributed by atoms with Gasteiger partial charge in [0.05, 0.1) is 11.9 Å². The zero-order valence-corrected chi connectivity index (χ0v) is 10.0. The Morgan fingerprint density at radius 3 is 2.29 bits per heavy atom. The molecule has 0 radical (unpaired) electrons. The zero-order chi connectivity index (χ0) is 10.8. The van der Waals surface area contributed by atoms with E-state index in [-0.39, 0.29) is 5.75 Å². The summed E-state index contributed by atoms with van der Waals surface area (Å²) >= 11 is 3.26. The predicted octanol–water partition coefficient (Wildman–Crippen LogP) is 1.53. The van der Waals surface area contributed by atoms with Gasteiger partial charge >= 0.3 is 0 Å². The van der Waals surface area contributed by atoms with Gasteiger partial charge < -0.3 is 5.11 Å². The number of halogens is 1. The average Bonchev–Trinajstić information content (AvgIpc) is 2.02. The van der Waals surface area contributed by atoms with Gasteiger partial charge in [-0.3, -0.25) is 0 Å². The summed E-state index contributed by atoms with van der Waals surface area (Å²) in [5.74, 6) is -0.241. The van der Waals surface area contributed by atoms with Gasteiger partial charge in [0.2, 0.25) is 0 Å². The third-order valence-electron chi connectivity index (χ3n) is 1.72. The van der Waals surface area contributed by atoms with Crippen LogP contribution in [0.15, 0.2) is 28.7 Å². The van der Waals surface area contributed by atoms with Gasteiger partial charge in [-0.25, -0.2) is 8.42 Å². The summed E-state index contributed by atoms with van der Waals surface area (Å²) in [6.07, 6.45) is 0.160. The predicted molar refractivity (Wildman–Crippen MR) is 58.8 cm³/mol. The molecule has 5 heteroatoms. The number of sulfone groups is 1. The molecule has 3 nitrogen and oxygen atoms in total. The molecule has 1 aromatic carbocycles. The lowest BCUT2D eigenvalue weighted by Crippen LogP contribution is -2.12. The van der Waals surface area contributed by atoms with E-state index in [4.69, 9.17) is 0 Å². The molecule has 78 valence electrons. The number of rotatable bonds is 3. The second-order valence-corrected chi connectivity index (χ2v) is 6.26. The van der Waals surface area contributed by atoms with Crippen LogP contribution in [0.4, 0.5) is 0 Å². The highest BCUT2D eigenvalue weighted by atomic mass is 79.9. The first kappa shape index (κ1) is 11.7. The lowest BCUT2D eigenvalue weighted by molar-refractivity contribution is 0.202. The van der Waals surface area contributed by atoms with Crippen LogP contribution in [0.3, 0.4) is 0 Å². The van der Waals surface area contributed by atoms with Gasteiger partial charge in [-0.1, -0.05) is 28.1 Å². The van der Waals surface area contributed by atoms with E-state index < -0.39 is 15.9 Å². The highest BCUT2D eigenvalue weighted by molar-refractivity contribution is 9.10. The van der Waals surface area contributed by atoms with Crippen LogP contribution in [-0.4, -0.2) is 25.5 Å². The minimum absolute atomic E-state index is 0.241. The molecule has 0 heterocycles. The Morgan fingerprint density at radius 2 is 1.86 bits per heavy atom. The quantitative estimate of drug-likeness (QED) is 0.912. The van der Waals surface area contributed by atoms with Crippen LogP contribution in [0.2, 0.25) is 0 Å². The number of aliphatic hydroxyl groups excluding tert-OH is 1. The maximum atomic E-state index is 10.9. The van der Waals surface area contributed by atoms with Gasteiger partial charge in [0.15, 0.2) is 0 Å². The molecule has 1 atom stereocenters. The van der Waals surface area contributed by atoms with Crippen molar-refractivity contribution in [2.45, 2.75) is 6.10 Å². The molecular formula is C9H11BrO3S. The summed E-state index contributed by atoms with van der Waals surface area (Å²) in [7, 11) is -3.14. The van der Waals surface area contributed by atoms with Crippen LogP contribution in [-0.2, 0) is 9.84 Å².